The van der Waals surface area contributed by atoms with Crippen LogP contribution in [-0.2, 0) is 11.2 Å². The van der Waals surface area contributed by atoms with Crippen LogP contribution in [-0.4, -0.2) is 25.7 Å². The maximum atomic E-state index is 12.1. The third-order valence-electron chi connectivity index (χ3n) is 4.52. The average molecular weight is 363 g/mol. The number of hydrogen-bond donors (Lipinski definition) is 1. The number of benzene rings is 3. The minimum absolute atomic E-state index is 0.0191. The fourth-order valence-corrected chi connectivity index (χ4v) is 2.97. The Morgan fingerprint density at radius 3 is 2.41 bits per heavy atom. The second kappa shape index (κ2) is 9.08. The van der Waals surface area contributed by atoms with Crippen LogP contribution >= 0.6 is 0 Å². The molecule has 0 aliphatic carbocycles. The Kier molecular flexibility index (Phi) is 6.31. The molecule has 1 amide bonds. The molecular weight excluding hydrogens is 338 g/mol. The van der Waals surface area contributed by atoms with Crippen LogP contribution in [0.4, 0.5) is 0 Å². The number of aryl methyl sites for hydroxylation is 1. The van der Waals surface area contributed by atoms with Gasteiger partial charge in [-0.15, -0.1) is 0 Å². The molecule has 3 rings (SSSR count). The third-order valence-corrected chi connectivity index (χ3v) is 4.52. The van der Waals surface area contributed by atoms with E-state index in [-0.39, 0.29) is 18.6 Å². The van der Waals surface area contributed by atoms with Gasteiger partial charge in [0.25, 0.3) is 5.91 Å². The zero-order valence-electron chi connectivity index (χ0n) is 15.8. The first-order valence-corrected chi connectivity index (χ1v) is 9.18. The summed E-state index contributed by atoms with van der Waals surface area (Å²) in [4.78, 5) is 12.1. The van der Waals surface area contributed by atoms with Gasteiger partial charge in [0.05, 0.1) is 7.11 Å². The van der Waals surface area contributed by atoms with Crippen LogP contribution in [0.2, 0.25) is 0 Å². The fourth-order valence-electron chi connectivity index (χ4n) is 2.97. The quantitative estimate of drug-likeness (QED) is 0.647. The van der Waals surface area contributed by atoms with Crippen LogP contribution < -0.4 is 14.8 Å². The van der Waals surface area contributed by atoms with E-state index in [1.165, 1.54) is 5.56 Å². The molecule has 140 valence electrons. The maximum absolute atomic E-state index is 12.1. The van der Waals surface area contributed by atoms with Crippen LogP contribution in [0.15, 0.2) is 66.7 Å². The Morgan fingerprint density at radius 2 is 1.67 bits per heavy atom. The number of rotatable bonds is 8. The maximum Gasteiger partial charge on any atom is 0.258 e. The lowest BCUT2D eigenvalue weighted by Crippen LogP contribution is -2.36. The van der Waals surface area contributed by atoms with E-state index in [4.69, 9.17) is 9.47 Å². The van der Waals surface area contributed by atoms with E-state index in [0.29, 0.717) is 5.75 Å². The summed E-state index contributed by atoms with van der Waals surface area (Å²) in [5.74, 6) is 1.45. The van der Waals surface area contributed by atoms with Crippen molar-refractivity contribution in [2.24, 2.45) is 0 Å². The molecule has 1 N–H and O–H groups in total. The normalized spacial score (nSPS) is 11.8. The number of carbonyl (C=O) groups excluding carboxylic acids is 1. The molecule has 0 fully saturated rings. The molecule has 0 aliphatic heterocycles. The highest BCUT2D eigenvalue weighted by Crippen LogP contribution is 2.20. The molecule has 0 spiro atoms. The van der Waals surface area contributed by atoms with E-state index in [0.717, 1.165) is 29.4 Å². The van der Waals surface area contributed by atoms with Crippen molar-refractivity contribution in [1.82, 2.24) is 5.32 Å². The Labute approximate surface area is 160 Å². The molecule has 0 aliphatic rings. The Morgan fingerprint density at radius 1 is 0.963 bits per heavy atom. The summed E-state index contributed by atoms with van der Waals surface area (Å²) in [6.45, 7) is 2.03. The molecule has 0 saturated heterocycles. The van der Waals surface area contributed by atoms with Gasteiger partial charge in [0.1, 0.15) is 11.5 Å². The predicted molar refractivity (Wildman–Crippen MR) is 108 cm³/mol. The van der Waals surface area contributed by atoms with Crippen LogP contribution in [0, 0.1) is 0 Å². The van der Waals surface area contributed by atoms with E-state index >= 15 is 0 Å². The molecular formula is C23H25NO3. The largest absolute Gasteiger partial charge is 0.497 e. The highest BCUT2D eigenvalue weighted by atomic mass is 16.5. The SMILES string of the molecule is COc1ccc(CCC(C)NC(=O)COc2ccc3ccccc3c2)cc1. The number of amides is 1. The molecule has 4 heteroatoms. The van der Waals surface area contributed by atoms with E-state index in [9.17, 15) is 4.79 Å². The van der Waals surface area contributed by atoms with E-state index in [2.05, 4.69) is 23.5 Å². The number of methoxy groups -OCH3 is 1. The summed E-state index contributed by atoms with van der Waals surface area (Å²) in [7, 11) is 1.66. The van der Waals surface area contributed by atoms with Gasteiger partial charge in [-0.1, -0.05) is 42.5 Å². The van der Waals surface area contributed by atoms with Gasteiger partial charge in [0.2, 0.25) is 0 Å². The van der Waals surface area contributed by atoms with Crippen molar-refractivity contribution in [3.05, 3.63) is 72.3 Å². The summed E-state index contributed by atoms with van der Waals surface area (Å²) >= 11 is 0. The highest BCUT2D eigenvalue weighted by Gasteiger charge is 2.09. The molecule has 0 saturated carbocycles. The zero-order chi connectivity index (χ0) is 19.1. The van der Waals surface area contributed by atoms with E-state index < -0.39 is 0 Å². The van der Waals surface area contributed by atoms with Gasteiger partial charge in [0.15, 0.2) is 6.61 Å². The minimum atomic E-state index is -0.106. The second-order valence-corrected chi connectivity index (χ2v) is 6.65. The monoisotopic (exact) mass is 363 g/mol. The lowest BCUT2D eigenvalue weighted by Gasteiger charge is -2.14. The number of nitrogens with one attached hydrogen (secondary N) is 1. The smallest absolute Gasteiger partial charge is 0.258 e. The summed E-state index contributed by atoms with van der Waals surface area (Å²) in [6, 6.07) is 22.0. The van der Waals surface area contributed by atoms with E-state index in [1.54, 1.807) is 7.11 Å². The van der Waals surface area contributed by atoms with Crippen molar-refractivity contribution in [3.8, 4) is 11.5 Å². The van der Waals surface area contributed by atoms with Gasteiger partial charge < -0.3 is 14.8 Å². The summed E-state index contributed by atoms with van der Waals surface area (Å²) in [5.41, 5.74) is 1.23. The van der Waals surface area contributed by atoms with Crippen LogP contribution in [0.5, 0.6) is 11.5 Å². The van der Waals surface area contributed by atoms with Gasteiger partial charge in [-0.25, -0.2) is 0 Å². The predicted octanol–water partition coefficient (Wildman–Crippen LogP) is 4.36. The minimum Gasteiger partial charge on any atom is -0.497 e. The first-order valence-electron chi connectivity index (χ1n) is 9.18. The van der Waals surface area contributed by atoms with Crippen molar-refractivity contribution in [2.75, 3.05) is 13.7 Å². The van der Waals surface area contributed by atoms with Crippen LogP contribution in [0.1, 0.15) is 18.9 Å². The molecule has 1 unspecified atom stereocenters. The van der Waals surface area contributed by atoms with Crippen LogP contribution in [0.3, 0.4) is 0 Å². The zero-order valence-corrected chi connectivity index (χ0v) is 15.8. The topological polar surface area (TPSA) is 47.6 Å². The summed E-state index contributed by atoms with van der Waals surface area (Å²) in [6.07, 6.45) is 1.77. The number of carbonyl (C=O) groups is 1. The van der Waals surface area contributed by atoms with Crippen molar-refractivity contribution in [2.45, 2.75) is 25.8 Å². The first-order chi connectivity index (χ1) is 13.1. The van der Waals surface area contributed by atoms with Gasteiger partial charge >= 0.3 is 0 Å². The highest BCUT2D eigenvalue weighted by molar-refractivity contribution is 5.84. The molecule has 4 nitrogen and oxygen atoms in total. The van der Waals surface area contributed by atoms with Gasteiger partial charge in [-0.2, -0.15) is 0 Å². The summed E-state index contributed by atoms with van der Waals surface area (Å²) in [5, 5.41) is 5.25. The van der Waals surface area contributed by atoms with Crippen molar-refractivity contribution < 1.29 is 14.3 Å². The van der Waals surface area contributed by atoms with Gasteiger partial charge in [-0.05, 0) is 60.4 Å². The Bertz CT molecular complexity index is 890. The molecule has 1 atom stereocenters. The Hall–Kier alpha value is -3.01. The third kappa shape index (κ3) is 5.48. The standard InChI is InChI=1S/C23H25NO3/c1-17(7-8-18-9-12-21(26-2)13-10-18)24-23(25)16-27-22-14-11-19-5-3-4-6-20(19)15-22/h3-6,9-15,17H,7-8,16H2,1-2H3,(H,24,25). The molecule has 3 aromatic carbocycles. The molecule has 0 aromatic heterocycles. The van der Waals surface area contributed by atoms with Crippen molar-refractivity contribution in [1.29, 1.82) is 0 Å². The number of ether oxygens (including phenoxy) is 2. The fraction of sp³-hybridized carbons (Fsp3) is 0.261. The lowest BCUT2D eigenvalue weighted by atomic mass is 10.1. The lowest BCUT2D eigenvalue weighted by molar-refractivity contribution is -0.123. The number of hydrogen-bond acceptors (Lipinski definition) is 3. The molecule has 0 bridgehead atoms. The second-order valence-electron chi connectivity index (χ2n) is 6.65. The van der Waals surface area contributed by atoms with Crippen molar-refractivity contribution >= 4 is 16.7 Å². The molecule has 0 radical (unpaired) electrons. The van der Waals surface area contributed by atoms with E-state index in [1.807, 2.05) is 55.5 Å². The molecule has 27 heavy (non-hydrogen) atoms. The van der Waals surface area contributed by atoms with Crippen molar-refractivity contribution in [3.63, 3.8) is 0 Å². The number of fused-ring (bicyclic) bond motifs is 1. The Balaban J connectivity index is 1.43. The summed E-state index contributed by atoms with van der Waals surface area (Å²) < 4.78 is 10.8. The molecule has 3 aromatic rings. The van der Waals surface area contributed by atoms with Gasteiger partial charge in [-0.3, -0.25) is 4.79 Å². The van der Waals surface area contributed by atoms with Gasteiger partial charge in [0, 0.05) is 6.04 Å². The molecule has 0 heterocycles. The van der Waals surface area contributed by atoms with Crippen LogP contribution in [0.25, 0.3) is 10.8 Å². The first kappa shape index (κ1) is 18.8. The average Bonchev–Trinajstić information content (AvgIpc) is 2.71.